The summed E-state index contributed by atoms with van der Waals surface area (Å²) in [4.78, 5) is 30.8. The number of carbonyl (C=O) groups is 2. The van der Waals surface area contributed by atoms with E-state index in [9.17, 15) is 9.59 Å². The second-order valence-corrected chi connectivity index (χ2v) is 7.43. The highest BCUT2D eigenvalue weighted by atomic mass is 16.2. The molecule has 27 heavy (non-hydrogen) atoms. The molecule has 1 saturated carbocycles. The Morgan fingerprint density at radius 3 is 2.89 bits per heavy atom. The summed E-state index contributed by atoms with van der Waals surface area (Å²) in [6.07, 6.45) is 10.5. The third-order valence-electron chi connectivity index (χ3n) is 5.43. The van der Waals surface area contributed by atoms with Gasteiger partial charge in [-0.3, -0.25) is 9.78 Å². The molecule has 0 radical (unpaired) electrons. The summed E-state index contributed by atoms with van der Waals surface area (Å²) < 4.78 is 0. The van der Waals surface area contributed by atoms with Gasteiger partial charge >= 0.3 is 6.03 Å². The Kier molecular flexibility index (Phi) is 7.45. The summed E-state index contributed by atoms with van der Waals surface area (Å²) in [6, 6.07) is 4.15. The lowest BCUT2D eigenvalue weighted by Gasteiger charge is -2.36. The Labute approximate surface area is 161 Å². The first kappa shape index (κ1) is 19.6. The fourth-order valence-corrected chi connectivity index (χ4v) is 3.94. The summed E-state index contributed by atoms with van der Waals surface area (Å²) in [5, 5.41) is 9.28. The first-order chi connectivity index (χ1) is 13.2. The highest BCUT2D eigenvalue weighted by molar-refractivity contribution is 5.77. The van der Waals surface area contributed by atoms with Gasteiger partial charge in [-0.25, -0.2) is 4.79 Å². The Balaban J connectivity index is 1.39. The minimum atomic E-state index is -0.107. The lowest BCUT2D eigenvalue weighted by molar-refractivity contribution is -0.134. The molecule has 1 aliphatic carbocycles. The molecule has 2 heterocycles. The fraction of sp³-hybridized carbons (Fsp3) is 0.650. The van der Waals surface area contributed by atoms with Gasteiger partial charge in [0.2, 0.25) is 5.91 Å². The van der Waals surface area contributed by atoms with Gasteiger partial charge in [0.25, 0.3) is 0 Å². The molecule has 3 rings (SSSR count). The molecular formula is C20H31N5O2. The molecule has 3 N–H and O–H groups in total. The van der Waals surface area contributed by atoms with Crippen LogP contribution in [0.1, 0.15) is 56.6 Å². The second kappa shape index (κ2) is 10.3. The van der Waals surface area contributed by atoms with Crippen molar-refractivity contribution in [3.05, 3.63) is 30.1 Å². The molecule has 1 unspecified atom stereocenters. The van der Waals surface area contributed by atoms with Gasteiger partial charge in [-0.1, -0.05) is 25.3 Å². The van der Waals surface area contributed by atoms with E-state index in [1.807, 2.05) is 23.2 Å². The molecule has 2 aliphatic rings. The Morgan fingerprint density at radius 2 is 2.11 bits per heavy atom. The van der Waals surface area contributed by atoms with Gasteiger partial charge in [-0.2, -0.15) is 0 Å². The third-order valence-corrected chi connectivity index (χ3v) is 5.43. The molecule has 1 atom stereocenters. The molecule has 0 aromatic carbocycles. The molecule has 1 aromatic rings. The maximum absolute atomic E-state index is 12.7. The van der Waals surface area contributed by atoms with Crippen molar-refractivity contribution >= 4 is 11.9 Å². The summed E-state index contributed by atoms with van der Waals surface area (Å²) >= 11 is 0. The number of rotatable bonds is 6. The monoisotopic (exact) mass is 373 g/mol. The van der Waals surface area contributed by atoms with Crippen LogP contribution in [0.5, 0.6) is 0 Å². The summed E-state index contributed by atoms with van der Waals surface area (Å²) in [7, 11) is 0. The Bertz CT molecular complexity index is 604. The van der Waals surface area contributed by atoms with Crippen molar-refractivity contribution in [1.82, 2.24) is 25.8 Å². The molecule has 1 saturated heterocycles. The van der Waals surface area contributed by atoms with Crippen molar-refractivity contribution in [1.29, 1.82) is 0 Å². The molecule has 2 fully saturated rings. The first-order valence-corrected chi connectivity index (χ1v) is 10.2. The molecule has 0 spiro atoms. The first-order valence-electron chi connectivity index (χ1n) is 10.2. The number of nitrogens with zero attached hydrogens (tertiary/aromatic N) is 2. The van der Waals surface area contributed by atoms with Crippen molar-refractivity contribution in [2.45, 2.75) is 57.0 Å². The van der Waals surface area contributed by atoms with E-state index in [4.69, 9.17) is 0 Å². The van der Waals surface area contributed by atoms with Crippen LogP contribution in [0.4, 0.5) is 4.79 Å². The predicted molar refractivity (Wildman–Crippen MR) is 104 cm³/mol. The van der Waals surface area contributed by atoms with E-state index in [1.54, 1.807) is 6.20 Å². The van der Waals surface area contributed by atoms with E-state index >= 15 is 0 Å². The minimum absolute atomic E-state index is 0.0301. The van der Waals surface area contributed by atoms with E-state index in [2.05, 4.69) is 20.9 Å². The van der Waals surface area contributed by atoms with Gasteiger partial charge in [-0.05, 0) is 30.9 Å². The van der Waals surface area contributed by atoms with Crippen LogP contribution in [0.2, 0.25) is 0 Å². The Hall–Kier alpha value is -2.15. The maximum Gasteiger partial charge on any atom is 0.315 e. The van der Waals surface area contributed by atoms with Crippen LogP contribution in [0.15, 0.2) is 24.5 Å². The van der Waals surface area contributed by atoms with Gasteiger partial charge in [-0.15, -0.1) is 0 Å². The standard InChI is InChI=1S/C20H31N5O2/c26-19(9-5-11-23-20(27)24-17-7-2-1-3-8-17)25-13-12-22-15-18(25)16-6-4-10-21-14-16/h4,6,10,14,17-18,22H,1-3,5,7-9,11-13,15H2,(H2,23,24,27). The average Bonchev–Trinajstić information content (AvgIpc) is 2.72. The number of piperazine rings is 1. The molecule has 1 aromatic heterocycles. The maximum atomic E-state index is 12.7. The highest BCUT2D eigenvalue weighted by Gasteiger charge is 2.27. The smallest absolute Gasteiger partial charge is 0.315 e. The molecule has 0 bridgehead atoms. The van der Waals surface area contributed by atoms with Crippen LogP contribution >= 0.6 is 0 Å². The fourth-order valence-electron chi connectivity index (χ4n) is 3.94. The average molecular weight is 374 g/mol. The minimum Gasteiger partial charge on any atom is -0.338 e. The zero-order chi connectivity index (χ0) is 18.9. The quantitative estimate of drug-likeness (QED) is 0.666. The number of aromatic nitrogens is 1. The zero-order valence-electron chi connectivity index (χ0n) is 16.0. The molecular weight excluding hydrogens is 342 g/mol. The molecule has 148 valence electrons. The van der Waals surface area contributed by atoms with Crippen LogP contribution in [-0.2, 0) is 4.79 Å². The SMILES string of the molecule is O=C(NCCCC(=O)N1CCNCC1c1cccnc1)NC1CCCCC1. The lowest BCUT2D eigenvalue weighted by atomic mass is 9.96. The van der Waals surface area contributed by atoms with Crippen molar-refractivity contribution in [2.75, 3.05) is 26.2 Å². The predicted octanol–water partition coefficient (Wildman–Crippen LogP) is 1.97. The van der Waals surface area contributed by atoms with Crippen molar-refractivity contribution in [3.63, 3.8) is 0 Å². The molecule has 7 nitrogen and oxygen atoms in total. The number of urea groups is 1. The third kappa shape index (κ3) is 5.92. The second-order valence-electron chi connectivity index (χ2n) is 7.43. The van der Waals surface area contributed by atoms with Crippen molar-refractivity contribution in [3.8, 4) is 0 Å². The van der Waals surface area contributed by atoms with Gasteiger partial charge in [0, 0.05) is 51.0 Å². The van der Waals surface area contributed by atoms with E-state index < -0.39 is 0 Å². The number of amides is 3. The number of pyridine rings is 1. The van der Waals surface area contributed by atoms with Gasteiger partial charge in [0.15, 0.2) is 0 Å². The summed E-state index contributed by atoms with van der Waals surface area (Å²) in [5.41, 5.74) is 1.06. The van der Waals surface area contributed by atoms with Gasteiger partial charge in [0.1, 0.15) is 0 Å². The topological polar surface area (TPSA) is 86.4 Å². The van der Waals surface area contributed by atoms with E-state index in [-0.39, 0.29) is 18.0 Å². The normalized spacial score (nSPS) is 20.9. The van der Waals surface area contributed by atoms with Gasteiger partial charge in [0.05, 0.1) is 6.04 Å². The number of hydrogen-bond acceptors (Lipinski definition) is 4. The van der Waals surface area contributed by atoms with Crippen LogP contribution in [-0.4, -0.2) is 54.0 Å². The van der Waals surface area contributed by atoms with Crippen molar-refractivity contribution in [2.24, 2.45) is 0 Å². The van der Waals surface area contributed by atoms with E-state index in [0.717, 1.165) is 31.5 Å². The number of hydrogen-bond donors (Lipinski definition) is 3. The van der Waals surface area contributed by atoms with Crippen molar-refractivity contribution < 1.29 is 9.59 Å². The molecule has 1 aliphatic heterocycles. The van der Waals surface area contributed by atoms with Gasteiger partial charge < -0.3 is 20.9 Å². The molecule has 7 heteroatoms. The highest BCUT2D eigenvalue weighted by Crippen LogP contribution is 2.22. The number of nitrogens with one attached hydrogen (secondary N) is 3. The summed E-state index contributed by atoms with van der Waals surface area (Å²) in [6.45, 7) is 2.78. The van der Waals surface area contributed by atoms with E-state index in [0.29, 0.717) is 32.0 Å². The van der Waals surface area contributed by atoms with Crippen LogP contribution < -0.4 is 16.0 Å². The zero-order valence-corrected chi connectivity index (χ0v) is 16.0. The van der Waals surface area contributed by atoms with Crippen LogP contribution in [0.25, 0.3) is 0 Å². The Morgan fingerprint density at radius 1 is 1.26 bits per heavy atom. The number of carbonyl (C=O) groups excluding carboxylic acids is 2. The van der Waals surface area contributed by atoms with Crippen LogP contribution in [0.3, 0.4) is 0 Å². The molecule has 3 amide bonds. The summed E-state index contributed by atoms with van der Waals surface area (Å²) in [5.74, 6) is 0.139. The van der Waals surface area contributed by atoms with E-state index in [1.165, 1.54) is 19.3 Å². The van der Waals surface area contributed by atoms with Crippen LogP contribution in [0, 0.1) is 0 Å². The lowest BCUT2D eigenvalue weighted by Crippen LogP contribution is -2.48. The largest absolute Gasteiger partial charge is 0.338 e.